The van der Waals surface area contributed by atoms with E-state index in [1.165, 1.54) is 24.0 Å². The van der Waals surface area contributed by atoms with Crippen LogP contribution in [0.1, 0.15) is 45.8 Å². The van der Waals surface area contributed by atoms with Crippen LogP contribution in [-0.2, 0) is 11.5 Å². The predicted octanol–water partition coefficient (Wildman–Crippen LogP) is 3.90. The molecule has 0 aliphatic carbocycles. The van der Waals surface area contributed by atoms with Crippen LogP contribution in [0.5, 0.6) is 5.75 Å². The van der Waals surface area contributed by atoms with Crippen LogP contribution in [0, 0.1) is 27.7 Å². The molecule has 0 fully saturated rings. The SMILES string of the molecule is Cc1cc(OCn2nc(C)c(NC(=O)c3cnn(C(C)C(=O)O)c3)c2C)cc(C)c1Cl. The van der Waals surface area contributed by atoms with Crippen LogP contribution in [0.4, 0.5) is 5.69 Å². The molecule has 9 nitrogen and oxygen atoms in total. The Hall–Kier alpha value is -3.33. The Labute approximate surface area is 184 Å². The third kappa shape index (κ3) is 4.72. The fourth-order valence-electron chi connectivity index (χ4n) is 3.09. The smallest absolute Gasteiger partial charge is 0.328 e. The molecule has 1 amide bonds. The molecule has 1 atom stereocenters. The van der Waals surface area contributed by atoms with Gasteiger partial charge in [-0.2, -0.15) is 10.2 Å². The number of aromatic nitrogens is 4. The Morgan fingerprint density at radius 3 is 2.48 bits per heavy atom. The molecule has 1 unspecified atom stereocenters. The zero-order valence-corrected chi connectivity index (χ0v) is 18.7. The van der Waals surface area contributed by atoms with E-state index >= 15 is 0 Å². The Morgan fingerprint density at radius 1 is 1.23 bits per heavy atom. The second-order valence-corrected chi connectivity index (χ2v) is 7.75. The van der Waals surface area contributed by atoms with Gasteiger partial charge >= 0.3 is 5.97 Å². The van der Waals surface area contributed by atoms with Gasteiger partial charge in [0.15, 0.2) is 6.73 Å². The van der Waals surface area contributed by atoms with Crippen molar-refractivity contribution in [1.82, 2.24) is 19.6 Å². The number of rotatable bonds is 7. The molecule has 2 aromatic heterocycles. The van der Waals surface area contributed by atoms with Gasteiger partial charge in [-0.05, 0) is 57.9 Å². The molecule has 0 saturated carbocycles. The van der Waals surface area contributed by atoms with E-state index in [0.29, 0.717) is 22.2 Å². The largest absolute Gasteiger partial charge is 0.480 e. The molecular weight excluding hydrogens is 422 g/mol. The number of aliphatic carboxylic acids is 1. The summed E-state index contributed by atoms with van der Waals surface area (Å²) in [4.78, 5) is 23.7. The molecule has 3 rings (SSSR count). The van der Waals surface area contributed by atoms with E-state index < -0.39 is 17.9 Å². The van der Waals surface area contributed by atoms with Crippen LogP contribution in [0.2, 0.25) is 5.02 Å². The summed E-state index contributed by atoms with van der Waals surface area (Å²) in [7, 11) is 0. The number of ether oxygens (including phenoxy) is 1. The first-order chi connectivity index (χ1) is 14.6. The monoisotopic (exact) mass is 445 g/mol. The number of hydrogen-bond donors (Lipinski definition) is 2. The van der Waals surface area contributed by atoms with E-state index in [1.54, 1.807) is 11.6 Å². The summed E-state index contributed by atoms with van der Waals surface area (Å²) in [6.07, 6.45) is 2.73. The van der Waals surface area contributed by atoms with E-state index in [9.17, 15) is 9.59 Å². The number of benzene rings is 1. The molecule has 2 N–H and O–H groups in total. The van der Waals surface area contributed by atoms with Gasteiger partial charge in [0, 0.05) is 11.2 Å². The van der Waals surface area contributed by atoms with Crippen molar-refractivity contribution < 1.29 is 19.4 Å². The van der Waals surface area contributed by atoms with Gasteiger partial charge in [-0.1, -0.05) is 11.6 Å². The van der Waals surface area contributed by atoms with Gasteiger partial charge in [-0.3, -0.25) is 9.48 Å². The van der Waals surface area contributed by atoms with Crippen molar-refractivity contribution >= 4 is 29.2 Å². The van der Waals surface area contributed by atoms with Gasteiger partial charge in [0.05, 0.1) is 28.8 Å². The average molecular weight is 446 g/mol. The summed E-state index contributed by atoms with van der Waals surface area (Å²) in [5.74, 6) is -0.758. The van der Waals surface area contributed by atoms with E-state index in [1.807, 2.05) is 32.9 Å². The number of anilines is 1. The van der Waals surface area contributed by atoms with Gasteiger partial charge in [0.2, 0.25) is 0 Å². The van der Waals surface area contributed by atoms with Crippen LogP contribution >= 0.6 is 11.6 Å². The van der Waals surface area contributed by atoms with Crippen molar-refractivity contribution in [2.24, 2.45) is 0 Å². The molecule has 0 aliphatic rings. The quantitative estimate of drug-likeness (QED) is 0.570. The Kier molecular flexibility index (Phi) is 6.35. The first-order valence-electron chi connectivity index (χ1n) is 9.60. The number of halogens is 1. The van der Waals surface area contributed by atoms with Crippen LogP contribution in [0.25, 0.3) is 0 Å². The number of nitrogens with zero attached hydrogens (tertiary/aromatic N) is 4. The maximum atomic E-state index is 12.6. The number of carbonyl (C=O) groups is 2. The van der Waals surface area contributed by atoms with E-state index in [4.69, 9.17) is 21.4 Å². The van der Waals surface area contributed by atoms with Crippen molar-refractivity contribution in [3.05, 3.63) is 57.6 Å². The highest BCUT2D eigenvalue weighted by Crippen LogP contribution is 2.27. The second kappa shape index (κ2) is 8.81. The van der Waals surface area contributed by atoms with Gasteiger partial charge in [-0.15, -0.1) is 0 Å². The minimum atomic E-state index is -1.03. The topological polar surface area (TPSA) is 111 Å². The lowest BCUT2D eigenvalue weighted by molar-refractivity contribution is -0.140. The van der Waals surface area contributed by atoms with Gasteiger partial charge in [0.25, 0.3) is 5.91 Å². The van der Waals surface area contributed by atoms with Crippen LogP contribution < -0.4 is 10.1 Å². The number of nitrogens with one attached hydrogen (secondary N) is 1. The fraction of sp³-hybridized carbons (Fsp3) is 0.333. The van der Waals surface area contributed by atoms with Gasteiger partial charge < -0.3 is 15.2 Å². The van der Waals surface area contributed by atoms with E-state index in [0.717, 1.165) is 16.8 Å². The molecule has 0 aliphatic heterocycles. The summed E-state index contributed by atoms with van der Waals surface area (Å²) >= 11 is 6.20. The number of aryl methyl sites for hydroxylation is 3. The van der Waals surface area contributed by atoms with Crippen LogP contribution in [0.15, 0.2) is 24.5 Å². The minimum absolute atomic E-state index is 0.164. The van der Waals surface area contributed by atoms with Crippen molar-refractivity contribution in [2.45, 2.75) is 47.4 Å². The van der Waals surface area contributed by atoms with E-state index in [-0.39, 0.29) is 12.3 Å². The summed E-state index contributed by atoms with van der Waals surface area (Å²) < 4.78 is 8.74. The molecule has 2 heterocycles. The molecule has 31 heavy (non-hydrogen) atoms. The second-order valence-electron chi connectivity index (χ2n) is 7.37. The fourth-order valence-corrected chi connectivity index (χ4v) is 3.20. The highest BCUT2D eigenvalue weighted by molar-refractivity contribution is 6.32. The highest BCUT2D eigenvalue weighted by atomic mass is 35.5. The van der Waals surface area contributed by atoms with E-state index in [2.05, 4.69) is 15.5 Å². The molecule has 0 spiro atoms. The zero-order valence-electron chi connectivity index (χ0n) is 17.9. The van der Waals surface area contributed by atoms with Crippen LogP contribution in [0.3, 0.4) is 0 Å². The van der Waals surface area contributed by atoms with Crippen molar-refractivity contribution in [2.75, 3.05) is 5.32 Å². The number of hydrogen-bond acceptors (Lipinski definition) is 5. The Bertz CT molecular complexity index is 1130. The summed E-state index contributed by atoms with van der Waals surface area (Å²) in [6.45, 7) is 9.09. The van der Waals surface area contributed by atoms with Crippen LogP contribution in [-0.4, -0.2) is 36.5 Å². The maximum absolute atomic E-state index is 12.6. The number of amides is 1. The number of carboxylic acids is 1. The summed E-state index contributed by atoms with van der Waals surface area (Å²) in [5.41, 5.74) is 4.02. The lowest BCUT2D eigenvalue weighted by Crippen LogP contribution is -2.16. The Morgan fingerprint density at radius 2 is 1.87 bits per heavy atom. The molecule has 0 saturated heterocycles. The molecule has 10 heteroatoms. The third-order valence-electron chi connectivity index (χ3n) is 5.00. The predicted molar refractivity (Wildman–Crippen MR) is 116 cm³/mol. The number of carbonyl (C=O) groups excluding carboxylic acids is 1. The first kappa shape index (κ1) is 22.4. The maximum Gasteiger partial charge on any atom is 0.328 e. The molecule has 164 valence electrons. The average Bonchev–Trinajstić information content (AvgIpc) is 3.30. The standard InChI is InChI=1S/C21H24ClN5O4/c1-11-6-17(7-12(2)18(11)22)31-10-27-14(4)19(13(3)25-27)24-20(28)16-8-23-26(9-16)15(5)21(29)30/h6-9,15H,10H2,1-5H3,(H,24,28)(H,29,30). The van der Waals surface area contributed by atoms with Crippen molar-refractivity contribution in [3.63, 3.8) is 0 Å². The van der Waals surface area contributed by atoms with Gasteiger partial charge in [0.1, 0.15) is 11.8 Å². The lowest BCUT2D eigenvalue weighted by atomic mass is 10.1. The molecule has 3 aromatic rings. The first-order valence-corrected chi connectivity index (χ1v) is 9.98. The minimum Gasteiger partial charge on any atom is -0.480 e. The molecule has 1 aromatic carbocycles. The number of carboxylic acid groups (broad SMARTS) is 1. The summed E-state index contributed by atoms with van der Waals surface area (Å²) in [6, 6.07) is 2.85. The van der Waals surface area contributed by atoms with Crippen molar-refractivity contribution in [3.8, 4) is 5.75 Å². The van der Waals surface area contributed by atoms with Gasteiger partial charge in [-0.25, -0.2) is 9.48 Å². The summed E-state index contributed by atoms with van der Waals surface area (Å²) in [5, 5.41) is 21.0. The molecule has 0 bridgehead atoms. The molecule has 0 radical (unpaired) electrons. The normalized spacial score (nSPS) is 11.9. The molecular formula is C21H24ClN5O4. The zero-order chi connectivity index (χ0) is 22.9. The lowest BCUT2D eigenvalue weighted by Gasteiger charge is -2.11. The third-order valence-corrected chi connectivity index (χ3v) is 5.60. The van der Waals surface area contributed by atoms with Crippen molar-refractivity contribution in [1.29, 1.82) is 0 Å². The highest BCUT2D eigenvalue weighted by Gasteiger charge is 2.19. The Balaban J connectivity index is 1.73.